The van der Waals surface area contributed by atoms with Crippen LogP contribution in [-0.4, -0.2) is 39.4 Å². The van der Waals surface area contributed by atoms with E-state index in [1.165, 1.54) is 0 Å². The molecule has 4 nitrogen and oxygen atoms in total. The topological polar surface area (TPSA) is 49.4 Å². The van der Waals surface area contributed by atoms with Crippen LogP contribution in [0.2, 0.25) is 5.02 Å². The molecule has 0 radical (unpaired) electrons. The van der Waals surface area contributed by atoms with Crippen molar-refractivity contribution < 1.29 is 8.42 Å². The maximum atomic E-state index is 12.7. The molecule has 1 saturated heterocycles. The lowest BCUT2D eigenvalue weighted by molar-refractivity contribution is 0.270. The van der Waals surface area contributed by atoms with E-state index in [4.69, 9.17) is 11.6 Å². The SMILES string of the molecule is CNCC1CCN(S(=O)(=O)c2cccc(C)c2Cl)CC1. The first kappa shape index (κ1) is 15.8. The van der Waals surface area contributed by atoms with Gasteiger partial charge in [0.05, 0.1) is 5.02 Å². The van der Waals surface area contributed by atoms with Crippen LogP contribution in [0.1, 0.15) is 18.4 Å². The van der Waals surface area contributed by atoms with Gasteiger partial charge in [-0.05, 0) is 50.9 Å². The fraction of sp³-hybridized carbons (Fsp3) is 0.571. The minimum atomic E-state index is -3.47. The molecule has 2 rings (SSSR count). The number of piperidine rings is 1. The van der Waals surface area contributed by atoms with Gasteiger partial charge < -0.3 is 5.32 Å². The predicted octanol–water partition coefficient (Wildman–Crippen LogP) is 2.27. The molecule has 0 unspecified atom stereocenters. The molecule has 0 aliphatic carbocycles. The number of halogens is 1. The zero-order chi connectivity index (χ0) is 14.8. The van der Waals surface area contributed by atoms with Gasteiger partial charge in [-0.15, -0.1) is 0 Å². The zero-order valence-corrected chi connectivity index (χ0v) is 13.5. The average Bonchev–Trinajstić information content (AvgIpc) is 2.42. The molecule has 6 heteroatoms. The minimum absolute atomic E-state index is 0.228. The van der Waals surface area contributed by atoms with Gasteiger partial charge in [-0.3, -0.25) is 0 Å². The van der Waals surface area contributed by atoms with Crippen molar-refractivity contribution in [2.45, 2.75) is 24.7 Å². The summed E-state index contributed by atoms with van der Waals surface area (Å²) in [6.45, 7) is 3.90. The molecule has 1 fully saturated rings. The molecule has 1 aromatic rings. The summed E-state index contributed by atoms with van der Waals surface area (Å²) in [7, 11) is -1.55. The molecule has 1 aliphatic heterocycles. The van der Waals surface area contributed by atoms with Crippen LogP contribution in [0.3, 0.4) is 0 Å². The Morgan fingerprint density at radius 1 is 1.35 bits per heavy atom. The second-order valence-electron chi connectivity index (χ2n) is 5.29. The summed E-state index contributed by atoms with van der Waals surface area (Å²) in [6, 6.07) is 5.15. The monoisotopic (exact) mass is 316 g/mol. The fourth-order valence-corrected chi connectivity index (χ4v) is 4.63. The van der Waals surface area contributed by atoms with E-state index in [9.17, 15) is 8.42 Å². The molecule has 1 aromatic carbocycles. The molecule has 0 saturated carbocycles. The lowest BCUT2D eigenvalue weighted by Crippen LogP contribution is -2.40. The van der Waals surface area contributed by atoms with Crippen molar-refractivity contribution in [3.63, 3.8) is 0 Å². The second-order valence-corrected chi connectivity index (χ2v) is 7.58. The lowest BCUT2D eigenvalue weighted by Gasteiger charge is -2.31. The molecule has 0 atom stereocenters. The number of hydrogen-bond acceptors (Lipinski definition) is 3. The van der Waals surface area contributed by atoms with Crippen LogP contribution >= 0.6 is 11.6 Å². The molecule has 112 valence electrons. The molecule has 1 N–H and O–H groups in total. The summed E-state index contributed by atoms with van der Waals surface area (Å²) in [5.74, 6) is 0.555. The van der Waals surface area contributed by atoms with Gasteiger partial charge in [-0.1, -0.05) is 23.7 Å². The molecule has 20 heavy (non-hydrogen) atoms. The van der Waals surface area contributed by atoms with Crippen LogP contribution in [0.5, 0.6) is 0 Å². The number of aryl methyl sites for hydroxylation is 1. The first-order chi connectivity index (χ1) is 9.46. The average molecular weight is 317 g/mol. The van der Waals surface area contributed by atoms with Crippen molar-refractivity contribution >= 4 is 21.6 Å². The molecule has 1 heterocycles. The van der Waals surface area contributed by atoms with Crippen LogP contribution in [0, 0.1) is 12.8 Å². The van der Waals surface area contributed by atoms with Gasteiger partial charge in [0.2, 0.25) is 10.0 Å². The number of sulfonamides is 1. The van der Waals surface area contributed by atoms with E-state index in [-0.39, 0.29) is 4.90 Å². The van der Waals surface area contributed by atoms with Crippen molar-refractivity contribution in [1.82, 2.24) is 9.62 Å². The summed E-state index contributed by atoms with van der Waals surface area (Å²) in [5, 5.41) is 3.49. The minimum Gasteiger partial charge on any atom is -0.319 e. The Morgan fingerprint density at radius 2 is 2.00 bits per heavy atom. The van der Waals surface area contributed by atoms with E-state index >= 15 is 0 Å². The molecule has 0 aromatic heterocycles. The van der Waals surface area contributed by atoms with Gasteiger partial charge in [0, 0.05) is 13.1 Å². The van der Waals surface area contributed by atoms with Gasteiger partial charge in [0.15, 0.2) is 0 Å². The highest BCUT2D eigenvalue weighted by molar-refractivity contribution is 7.89. The maximum absolute atomic E-state index is 12.7. The van der Waals surface area contributed by atoms with Crippen LogP contribution in [0.4, 0.5) is 0 Å². The molecule has 0 amide bonds. The van der Waals surface area contributed by atoms with Gasteiger partial charge >= 0.3 is 0 Å². The highest BCUT2D eigenvalue weighted by Gasteiger charge is 2.30. The normalized spacial score (nSPS) is 18.4. The molecular formula is C14H21ClN2O2S. The second kappa shape index (κ2) is 6.43. The first-order valence-electron chi connectivity index (χ1n) is 6.86. The molecular weight excluding hydrogens is 296 g/mol. The van der Waals surface area contributed by atoms with Crippen molar-refractivity contribution in [2.75, 3.05) is 26.7 Å². The molecule has 1 aliphatic rings. The Labute approximate surface area is 126 Å². The zero-order valence-electron chi connectivity index (χ0n) is 11.9. The van der Waals surface area contributed by atoms with Crippen LogP contribution < -0.4 is 5.32 Å². The largest absolute Gasteiger partial charge is 0.319 e. The van der Waals surface area contributed by atoms with E-state index < -0.39 is 10.0 Å². The van der Waals surface area contributed by atoms with E-state index in [0.717, 1.165) is 24.9 Å². The summed E-state index contributed by atoms with van der Waals surface area (Å²) in [4.78, 5) is 0.228. The Balaban J connectivity index is 2.18. The van der Waals surface area contributed by atoms with Gasteiger partial charge in [-0.2, -0.15) is 4.31 Å². The highest BCUT2D eigenvalue weighted by atomic mass is 35.5. The summed E-state index contributed by atoms with van der Waals surface area (Å²) >= 11 is 6.16. The van der Waals surface area contributed by atoms with E-state index in [2.05, 4.69) is 5.32 Å². The quantitative estimate of drug-likeness (QED) is 0.927. The van der Waals surface area contributed by atoms with Gasteiger partial charge in [0.25, 0.3) is 0 Å². The summed E-state index contributed by atoms with van der Waals surface area (Å²) < 4.78 is 26.9. The Kier molecular flexibility index (Phi) is 5.07. The fourth-order valence-electron chi connectivity index (χ4n) is 2.60. The third-order valence-electron chi connectivity index (χ3n) is 3.84. The standard InChI is InChI=1S/C14H21ClN2O2S/c1-11-4-3-5-13(14(11)15)20(18,19)17-8-6-12(7-9-17)10-16-2/h3-5,12,16H,6-10H2,1-2H3. The maximum Gasteiger partial charge on any atom is 0.244 e. The van der Waals surface area contributed by atoms with E-state index in [0.29, 0.717) is 24.0 Å². The van der Waals surface area contributed by atoms with E-state index in [1.807, 2.05) is 20.0 Å². The van der Waals surface area contributed by atoms with Gasteiger partial charge in [0.1, 0.15) is 4.90 Å². The number of rotatable bonds is 4. The number of benzene rings is 1. The summed E-state index contributed by atoms with van der Waals surface area (Å²) in [6.07, 6.45) is 1.78. The third-order valence-corrected chi connectivity index (χ3v) is 6.40. The van der Waals surface area contributed by atoms with Crippen molar-refractivity contribution in [1.29, 1.82) is 0 Å². The summed E-state index contributed by atoms with van der Waals surface area (Å²) in [5.41, 5.74) is 0.790. The van der Waals surface area contributed by atoms with E-state index in [1.54, 1.807) is 16.4 Å². The van der Waals surface area contributed by atoms with Crippen molar-refractivity contribution in [2.24, 2.45) is 5.92 Å². The number of nitrogens with one attached hydrogen (secondary N) is 1. The van der Waals surface area contributed by atoms with Crippen LogP contribution in [0.15, 0.2) is 23.1 Å². The molecule has 0 spiro atoms. The van der Waals surface area contributed by atoms with Crippen LogP contribution in [0.25, 0.3) is 0 Å². The Morgan fingerprint density at radius 3 is 2.60 bits per heavy atom. The number of nitrogens with zero attached hydrogens (tertiary/aromatic N) is 1. The lowest BCUT2D eigenvalue weighted by atomic mass is 9.98. The number of hydrogen-bond donors (Lipinski definition) is 1. The van der Waals surface area contributed by atoms with Crippen molar-refractivity contribution in [3.05, 3.63) is 28.8 Å². The molecule has 0 bridgehead atoms. The van der Waals surface area contributed by atoms with Gasteiger partial charge in [-0.25, -0.2) is 8.42 Å². The van der Waals surface area contributed by atoms with Crippen molar-refractivity contribution in [3.8, 4) is 0 Å². The third kappa shape index (κ3) is 3.17. The van der Waals surface area contributed by atoms with Crippen LogP contribution in [-0.2, 0) is 10.0 Å². The smallest absolute Gasteiger partial charge is 0.244 e. The Bertz CT molecular complexity index is 567. The predicted molar refractivity (Wildman–Crippen MR) is 81.6 cm³/mol. The highest BCUT2D eigenvalue weighted by Crippen LogP contribution is 2.29. The Hall–Kier alpha value is -0.620. The first-order valence-corrected chi connectivity index (χ1v) is 8.68.